The number of fused-ring (bicyclic) bond motifs is 5. The molecule has 5 heterocycles. The second kappa shape index (κ2) is 8.00. The number of esters is 1. The molecule has 35 heavy (non-hydrogen) atoms. The molecule has 182 valence electrons. The number of cyclic esters (lactones) is 1. The summed E-state index contributed by atoms with van der Waals surface area (Å²) in [5.74, 6) is -0.843. The molecule has 2 atom stereocenters. The van der Waals surface area contributed by atoms with Crippen molar-refractivity contribution in [3.63, 3.8) is 0 Å². The number of carbonyl (C=O) groups is 1. The molecule has 3 aliphatic rings. The number of aliphatic hydroxyl groups is 1. The molecule has 3 aromatic rings. The number of likely N-dealkylation sites (tertiary alicyclic amines) is 1. The van der Waals surface area contributed by atoms with Gasteiger partial charge in [0.15, 0.2) is 0 Å². The zero-order valence-corrected chi connectivity index (χ0v) is 20.5. The molecule has 3 aliphatic heterocycles. The first kappa shape index (κ1) is 22.4. The summed E-state index contributed by atoms with van der Waals surface area (Å²) < 4.78 is 7.17. The average molecular weight is 474 g/mol. The van der Waals surface area contributed by atoms with Crippen molar-refractivity contribution >= 4 is 16.9 Å². The third kappa shape index (κ3) is 3.21. The Morgan fingerprint density at radius 3 is 2.66 bits per heavy atom. The Balaban J connectivity index is 1.60. The fourth-order valence-corrected chi connectivity index (χ4v) is 6.33. The predicted octanol–water partition coefficient (Wildman–Crippen LogP) is 3.52. The van der Waals surface area contributed by atoms with Gasteiger partial charge in [-0.3, -0.25) is 9.59 Å². The first-order chi connectivity index (χ1) is 16.8. The van der Waals surface area contributed by atoms with E-state index in [2.05, 4.69) is 24.1 Å². The van der Waals surface area contributed by atoms with Gasteiger partial charge in [-0.1, -0.05) is 25.1 Å². The van der Waals surface area contributed by atoms with Crippen molar-refractivity contribution in [3.8, 4) is 11.4 Å². The molecule has 6 rings (SSSR count). The van der Waals surface area contributed by atoms with Crippen molar-refractivity contribution in [1.82, 2.24) is 14.5 Å². The number of benzene rings is 1. The molecule has 7 nitrogen and oxygen atoms in total. The summed E-state index contributed by atoms with van der Waals surface area (Å²) in [5.41, 5.74) is 4.08. The van der Waals surface area contributed by atoms with Gasteiger partial charge in [-0.05, 0) is 75.5 Å². The van der Waals surface area contributed by atoms with Gasteiger partial charge in [0.1, 0.15) is 12.2 Å². The van der Waals surface area contributed by atoms with Gasteiger partial charge in [0.2, 0.25) is 0 Å². The molecule has 0 aliphatic carbocycles. The van der Waals surface area contributed by atoms with Crippen LogP contribution in [0.3, 0.4) is 0 Å². The summed E-state index contributed by atoms with van der Waals surface area (Å²) in [6, 6.07) is 10.1. The van der Waals surface area contributed by atoms with E-state index in [1.165, 1.54) is 5.56 Å². The largest absolute Gasteiger partial charge is 0.460 e. The number of nitrogens with zero attached hydrogens (tertiary/aromatic N) is 3. The lowest BCUT2D eigenvalue weighted by molar-refractivity contribution is -0.158. The molecule has 0 saturated carbocycles. The van der Waals surface area contributed by atoms with Crippen LogP contribution in [0.1, 0.15) is 61.3 Å². The van der Waals surface area contributed by atoms with E-state index >= 15 is 0 Å². The van der Waals surface area contributed by atoms with E-state index in [-0.39, 0.29) is 12.2 Å². The zero-order chi connectivity index (χ0) is 24.5. The summed E-state index contributed by atoms with van der Waals surface area (Å²) in [7, 11) is 2.16. The fraction of sp³-hybridized carbons (Fsp3) is 0.464. The minimum absolute atomic E-state index is 0.118. The highest BCUT2D eigenvalue weighted by molar-refractivity contribution is 5.88. The van der Waals surface area contributed by atoms with Gasteiger partial charge in [-0.15, -0.1) is 0 Å². The van der Waals surface area contributed by atoms with Crippen LogP contribution in [0.15, 0.2) is 35.1 Å². The van der Waals surface area contributed by atoms with Crippen molar-refractivity contribution < 1.29 is 14.6 Å². The van der Waals surface area contributed by atoms with E-state index in [0.29, 0.717) is 30.0 Å². The van der Waals surface area contributed by atoms with Crippen LogP contribution in [0.4, 0.5) is 0 Å². The van der Waals surface area contributed by atoms with E-state index < -0.39 is 17.5 Å². The highest BCUT2D eigenvalue weighted by Crippen LogP contribution is 2.44. The fourth-order valence-electron chi connectivity index (χ4n) is 6.33. The maximum absolute atomic E-state index is 13.8. The number of rotatable bonds is 2. The molecule has 2 aromatic heterocycles. The van der Waals surface area contributed by atoms with Gasteiger partial charge in [0, 0.05) is 10.9 Å². The summed E-state index contributed by atoms with van der Waals surface area (Å²) in [5, 5.41) is 12.8. The lowest BCUT2D eigenvalue weighted by Gasteiger charge is -2.31. The van der Waals surface area contributed by atoms with E-state index in [9.17, 15) is 14.7 Å². The SMILES string of the molecule is CC[C@]1(O)c2cc3n(c(=O)c2COC(=O)[C@H]1C)Cc1c-3nc2ccccc2c1C1CCN(C)CC1. The highest BCUT2D eigenvalue weighted by atomic mass is 16.5. The number of hydrogen-bond donors (Lipinski definition) is 1. The monoisotopic (exact) mass is 473 g/mol. The Kier molecular flexibility index (Phi) is 5.13. The zero-order valence-electron chi connectivity index (χ0n) is 20.5. The Morgan fingerprint density at radius 1 is 1.17 bits per heavy atom. The van der Waals surface area contributed by atoms with E-state index in [1.807, 2.05) is 25.1 Å². The van der Waals surface area contributed by atoms with Crippen molar-refractivity contribution in [3.05, 3.63) is 62.9 Å². The van der Waals surface area contributed by atoms with E-state index in [4.69, 9.17) is 9.72 Å². The summed E-state index contributed by atoms with van der Waals surface area (Å²) >= 11 is 0. The molecule has 7 heteroatoms. The number of pyridine rings is 2. The first-order valence-corrected chi connectivity index (χ1v) is 12.6. The van der Waals surface area contributed by atoms with Crippen LogP contribution in [-0.4, -0.2) is 45.7 Å². The predicted molar refractivity (Wildman–Crippen MR) is 133 cm³/mol. The van der Waals surface area contributed by atoms with Gasteiger partial charge in [0.25, 0.3) is 5.56 Å². The van der Waals surface area contributed by atoms with Gasteiger partial charge >= 0.3 is 5.97 Å². The van der Waals surface area contributed by atoms with Crippen molar-refractivity contribution in [2.24, 2.45) is 5.92 Å². The van der Waals surface area contributed by atoms with Crippen LogP contribution >= 0.6 is 0 Å². The van der Waals surface area contributed by atoms with Crippen LogP contribution in [-0.2, 0) is 28.3 Å². The van der Waals surface area contributed by atoms with Gasteiger partial charge in [-0.2, -0.15) is 0 Å². The molecule has 1 N–H and O–H groups in total. The second-order valence-corrected chi connectivity index (χ2v) is 10.4. The number of carbonyl (C=O) groups excluding carboxylic acids is 1. The molecule has 1 aromatic carbocycles. The highest BCUT2D eigenvalue weighted by Gasteiger charge is 2.45. The maximum Gasteiger partial charge on any atom is 0.312 e. The Hall–Kier alpha value is -3.03. The van der Waals surface area contributed by atoms with Crippen LogP contribution in [0.25, 0.3) is 22.3 Å². The molecule has 0 unspecified atom stereocenters. The molecule has 0 spiro atoms. The Morgan fingerprint density at radius 2 is 1.91 bits per heavy atom. The molecule has 1 fully saturated rings. The number of hydrogen-bond acceptors (Lipinski definition) is 6. The lowest BCUT2D eigenvalue weighted by atomic mass is 9.79. The third-order valence-electron chi connectivity index (χ3n) is 8.56. The number of piperidine rings is 1. The summed E-state index contributed by atoms with van der Waals surface area (Å²) in [6.45, 7) is 5.93. The topological polar surface area (TPSA) is 84.7 Å². The van der Waals surface area contributed by atoms with Crippen LogP contribution in [0.5, 0.6) is 0 Å². The molecule has 1 saturated heterocycles. The number of para-hydroxylation sites is 1. The normalized spacial score (nSPS) is 24.6. The minimum atomic E-state index is -1.46. The minimum Gasteiger partial charge on any atom is -0.460 e. The van der Waals surface area contributed by atoms with Gasteiger partial charge in [-0.25, -0.2) is 4.98 Å². The Bertz CT molecular complexity index is 1420. The van der Waals surface area contributed by atoms with Crippen LogP contribution in [0, 0.1) is 5.92 Å². The first-order valence-electron chi connectivity index (χ1n) is 12.6. The molecule has 0 radical (unpaired) electrons. The average Bonchev–Trinajstić information content (AvgIpc) is 3.20. The molecular formula is C28H31N3O4. The molecule has 0 amide bonds. The lowest BCUT2D eigenvalue weighted by Crippen LogP contribution is -2.38. The smallest absolute Gasteiger partial charge is 0.312 e. The Labute approximate surface area is 204 Å². The van der Waals surface area contributed by atoms with Gasteiger partial charge in [0.05, 0.1) is 34.9 Å². The van der Waals surface area contributed by atoms with E-state index in [0.717, 1.165) is 53.8 Å². The van der Waals surface area contributed by atoms with Crippen molar-refractivity contribution in [2.75, 3.05) is 20.1 Å². The summed E-state index contributed by atoms with van der Waals surface area (Å²) in [4.78, 5) is 33.7. The maximum atomic E-state index is 13.8. The van der Waals surface area contributed by atoms with Gasteiger partial charge < -0.3 is 19.3 Å². The second-order valence-electron chi connectivity index (χ2n) is 10.4. The van der Waals surface area contributed by atoms with Crippen LogP contribution in [0.2, 0.25) is 0 Å². The van der Waals surface area contributed by atoms with Crippen LogP contribution < -0.4 is 5.56 Å². The number of aromatic nitrogens is 2. The third-order valence-corrected chi connectivity index (χ3v) is 8.56. The van der Waals surface area contributed by atoms with Crippen molar-refractivity contribution in [1.29, 1.82) is 0 Å². The van der Waals surface area contributed by atoms with Crippen molar-refractivity contribution in [2.45, 2.75) is 57.8 Å². The summed E-state index contributed by atoms with van der Waals surface area (Å²) in [6.07, 6.45) is 2.45. The standard InChI is InChI=1S/C28H31N3O4/c1-4-28(34)16(2)27(33)35-15-20-21(28)13-23-25-19(14-31(23)26(20)32)24(17-9-11-30(3)12-10-17)18-7-5-6-8-22(18)29-25/h5-8,13,16-17,34H,4,9-12,14-15H2,1-3H3/t16-,28-/m1/s1. The quantitative estimate of drug-likeness (QED) is 0.449. The molecule has 0 bridgehead atoms. The molecular weight excluding hydrogens is 442 g/mol. The number of ether oxygens (including phenoxy) is 1. The van der Waals surface area contributed by atoms with E-state index in [1.54, 1.807) is 11.5 Å².